The van der Waals surface area contributed by atoms with E-state index in [0.717, 1.165) is 0 Å². The maximum atomic E-state index is 11.0. The van der Waals surface area contributed by atoms with Crippen LogP contribution < -0.4 is 5.73 Å². The lowest BCUT2D eigenvalue weighted by molar-refractivity contribution is -0.141. The normalized spacial score (nSPS) is 13.2. The van der Waals surface area contributed by atoms with E-state index < -0.39 is 18.0 Å². The summed E-state index contributed by atoms with van der Waals surface area (Å²) in [6.45, 7) is 8.20. The molecule has 1 amide bonds. The minimum atomic E-state index is -0.525. The van der Waals surface area contributed by atoms with E-state index in [9.17, 15) is 9.59 Å². The van der Waals surface area contributed by atoms with Crippen LogP contribution in [-0.4, -0.2) is 18.0 Å². The second-order valence-electron chi connectivity index (χ2n) is 3.10. The monoisotopic (exact) mass is 197 g/mol. The van der Waals surface area contributed by atoms with Gasteiger partial charge in [-0.15, -0.1) is 0 Å². The molecule has 0 saturated heterocycles. The lowest BCUT2D eigenvalue weighted by Gasteiger charge is -2.09. The van der Waals surface area contributed by atoms with Gasteiger partial charge in [-0.3, -0.25) is 4.79 Å². The molecule has 0 aromatic heterocycles. The Labute approximate surface area is 83.4 Å². The van der Waals surface area contributed by atoms with Gasteiger partial charge in [-0.05, 0) is 26.8 Å². The molecule has 0 radical (unpaired) electrons. The van der Waals surface area contributed by atoms with Crippen molar-refractivity contribution in [3.63, 3.8) is 0 Å². The van der Waals surface area contributed by atoms with Crippen LogP contribution in [0, 0.1) is 0 Å². The molecule has 78 valence electrons. The topological polar surface area (TPSA) is 69.4 Å². The van der Waals surface area contributed by atoms with Gasteiger partial charge >= 0.3 is 5.97 Å². The number of amides is 1. The number of carbonyl (C=O) groups is 2. The van der Waals surface area contributed by atoms with Gasteiger partial charge in [0.1, 0.15) is 6.10 Å². The number of carbonyl (C=O) groups excluding carboxylic acids is 2. The minimum Gasteiger partial charge on any atom is -0.455 e. The molecule has 0 aromatic carbocycles. The summed E-state index contributed by atoms with van der Waals surface area (Å²) in [6, 6.07) is 0. The average Bonchev–Trinajstić information content (AvgIpc) is 2.03. The quantitative estimate of drug-likeness (QED) is 0.538. The molecule has 0 bridgehead atoms. The second-order valence-corrected chi connectivity index (χ2v) is 3.10. The maximum absolute atomic E-state index is 11.0. The number of nitrogens with two attached hydrogens (primary N) is 1. The van der Waals surface area contributed by atoms with E-state index in [4.69, 9.17) is 10.5 Å². The van der Waals surface area contributed by atoms with Gasteiger partial charge in [-0.25, -0.2) is 4.79 Å². The zero-order chi connectivity index (χ0) is 11.3. The molecule has 0 fully saturated rings. The molecule has 4 heteroatoms. The van der Waals surface area contributed by atoms with Crippen LogP contribution >= 0.6 is 0 Å². The first-order chi connectivity index (χ1) is 6.34. The lowest BCUT2D eigenvalue weighted by Crippen LogP contribution is -2.17. The van der Waals surface area contributed by atoms with Gasteiger partial charge in [0, 0.05) is 11.1 Å². The first-order valence-corrected chi connectivity index (χ1v) is 4.19. The molecule has 1 unspecified atom stereocenters. The van der Waals surface area contributed by atoms with Crippen LogP contribution in [0.4, 0.5) is 0 Å². The Kier molecular flexibility index (Phi) is 4.63. The number of rotatable bonds is 4. The predicted molar refractivity (Wildman–Crippen MR) is 53.3 cm³/mol. The average molecular weight is 197 g/mol. The molecule has 1 atom stereocenters. The zero-order valence-corrected chi connectivity index (χ0v) is 8.66. The van der Waals surface area contributed by atoms with Crippen molar-refractivity contribution in [3.05, 3.63) is 23.8 Å². The Bertz CT molecular complexity index is 292. The third-order valence-electron chi connectivity index (χ3n) is 1.51. The Hall–Kier alpha value is -1.58. The van der Waals surface area contributed by atoms with Crippen LogP contribution in [0.2, 0.25) is 0 Å². The summed E-state index contributed by atoms with van der Waals surface area (Å²) in [5, 5.41) is 0. The van der Waals surface area contributed by atoms with E-state index in [-0.39, 0.29) is 0 Å². The molecular formula is C10H15NO3. The molecule has 14 heavy (non-hydrogen) atoms. The molecule has 0 aliphatic carbocycles. The molecular weight excluding hydrogens is 182 g/mol. The van der Waals surface area contributed by atoms with Crippen molar-refractivity contribution in [3.8, 4) is 0 Å². The highest BCUT2D eigenvalue weighted by molar-refractivity contribution is 5.91. The van der Waals surface area contributed by atoms with Crippen molar-refractivity contribution in [2.45, 2.75) is 26.9 Å². The maximum Gasteiger partial charge on any atom is 0.333 e. The van der Waals surface area contributed by atoms with E-state index in [1.807, 2.05) is 0 Å². The van der Waals surface area contributed by atoms with Gasteiger partial charge in [0.05, 0.1) is 0 Å². The summed E-state index contributed by atoms with van der Waals surface area (Å²) in [5.74, 6) is -1.01. The van der Waals surface area contributed by atoms with Gasteiger partial charge in [0.2, 0.25) is 5.91 Å². The second kappa shape index (κ2) is 5.21. The van der Waals surface area contributed by atoms with Crippen LogP contribution in [0.5, 0.6) is 0 Å². The first kappa shape index (κ1) is 12.4. The number of primary amides is 1. The van der Waals surface area contributed by atoms with Crippen molar-refractivity contribution in [2.24, 2.45) is 5.73 Å². The highest BCUT2D eigenvalue weighted by Crippen LogP contribution is 2.02. The fourth-order valence-electron chi connectivity index (χ4n) is 0.738. The number of hydrogen-bond donors (Lipinski definition) is 1. The first-order valence-electron chi connectivity index (χ1n) is 4.19. The Morgan fingerprint density at radius 3 is 2.29 bits per heavy atom. The summed E-state index contributed by atoms with van der Waals surface area (Å²) in [5.41, 5.74) is 5.70. The number of esters is 1. The SMILES string of the molecule is C=C(C)C(=O)OC(C)C=C(C)C(N)=O. The summed E-state index contributed by atoms with van der Waals surface area (Å²) in [4.78, 5) is 21.7. The van der Waals surface area contributed by atoms with E-state index in [0.29, 0.717) is 11.1 Å². The molecule has 0 spiro atoms. The van der Waals surface area contributed by atoms with E-state index in [1.165, 1.54) is 6.08 Å². The third-order valence-corrected chi connectivity index (χ3v) is 1.51. The summed E-state index contributed by atoms with van der Waals surface area (Å²) >= 11 is 0. The molecule has 0 aliphatic heterocycles. The highest BCUT2D eigenvalue weighted by atomic mass is 16.5. The Morgan fingerprint density at radius 1 is 1.43 bits per heavy atom. The largest absolute Gasteiger partial charge is 0.455 e. The molecule has 0 heterocycles. The van der Waals surface area contributed by atoms with E-state index in [2.05, 4.69) is 6.58 Å². The standard InChI is InChI=1S/C10H15NO3/c1-6(2)10(13)14-8(4)5-7(3)9(11)12/h5,8H,1H2,2-4H3,(H2,11,12). The van der Waals surface area contributed by atoms with Crippen LogP contribution in [0.3, 0.4) is 0 Å². The number of hydrogen-bond acceptors (Lipinski definition) is 3. The Balaban J connectivity index is 4.30. The van der Waals surface area contributed by atoms with Gasteiger partial charge in [0.25, 0.3) is 0 Å². The van der Waals surface area contributed by atoms with Crippen LogP contribution in [0.25, 0.3) is 0 Å². The smallest absolute Gasteiger partial charge is 0.333 e. The van der Waals surface area contributed by atoms with E-state index >= 15 is 0 Å². The van der Waals surface area contributed by atoms with Crippen molar-refractivity contribution >= 4 is 11.9 Å². The van der Waals surface area contributed by atoms with Crippen molar-refractivity contribution in [2.75, 3.05) is 0 Å². The fourth-order valence-corrected chi connectivity index (χ4v) is 0.738. The molecule has 4 nitrogen and oxygen atoms in total. The van der Waals surface area contributed by atoms with Gasteiger partial charge in [0.15, 0.2) is 0 Å². The molecule has 0 saturated carbocycles. The van der Waals surface area contributed by atoms with Crippen LogP contribution in [-0.2, 0) is 14.3 Å². The minimum absolute atomic E-state index is 0.321. The molecule has 0 rings (SSSR count). The number of ether oxygens (including phenoxy) is 1. The van der Waals surface area contributed by atoms with E-state index in [1.54, 1.807) is 20.8 Å². The van der Waals surface area contributed by atoms with Crippen LogP contribution in [0.1, 0.15) is 20.8 Å². The van der Waals surface area contributed by atoms with Gasteiger partial charge in [-0.2, -0.15) is 0 Å². The summed E-state index contributed by atoms with van der Waals surface area (Å²) < 4.78 is 4.91. The lowest BCUT2D eigenvalue weighted by atomic mass is 10.2. The Morgan fingerprint density at radius 2 is 1.93 bits per heavy atom. The molecule has 2 N–H and O–H groups in total. The van der Waals surface area contributed by atoms with Crippen LogP contribution in [0.15, 0.2) is 23.8 Å². The zero-order valence-electron chi connectivity index (χ0n) is 8.66. The predicted octanol–water partition coefficient (Wildman–Crippen LogP) is 0.926. The highest BCUT2D eigenvalue weighted by Gasteiger charge is 2.08. The third kappa shape index (κ3) is 4.45. The van der Waals surface area contributed by atoms with Crippen molar-refractivity contribution in [1.29, 1.82) is 0 Å². The van der Waals surface area contributed by atoms with Crippen molar-refractivity contribution in [1.82, 2.24) is 0 Å². The van der Waals surface area contributed by atoms with Gasteiger partial charge in [-0.1, -0.05) is 6.58 Å². The summed E-state index contributed by atoms with van der Waals surface area (Å²) in [7, 11) is 0. The molecule has 0 aliphatic rings. The molecule has 0 aromatic rings. The summed E-state index contributed by atoms with van der Waals surface area (Å²) in [6.07, 6.45) is 1.01. The van der Waals surface area contributed by atoms with Crippen molar-refractivity contribution < 1.29 is 14.3 Å². The van der Waals surface area contributed by atoms with Gasteiger partial charge < -0.3 is 10.5 Å². The fraction of sp³-hybridized carbons (Fsp3) is 0.400.